The molecule has 1 saturated carbocycles. The number of aliphatic hydroxyl groups excluding tert-OH is 2. The minimum atomic E-state index is -1.37. The fourth-order valence-corrected chi connectivity index (χ4v) is 7.83. The summed E-state index contributed by atoms with van der Waals surface area (Å²) in [7, 11) is 0. The lowest BCUT2D eigenvalue weighted by Gasteiger charge is -2.52. The third-order valence-electron chi connectivity index (χ3n) is 9.22. The molecule has 7 rings (SSSR count). The highest BCUT2D eigenvalue weighted by Gasteiger charge is 2.90. The van der Waals surface area contributed by atoms with Crippen LogP contribution in [0.15, 0.2) is 23.8 Å². The summed E-state index contributed by atoms with van der Waals surface area (Å²) >= 11 is 0. The van der Waals surface area contributed by atoms with Gasteiger partial charge in [-0.2, -0.15) is 0 Å². The van der Waals surface area contributed by atoms with E-state index in [1.54, 1.807) is 6.07 Å². The standard InChI is InChI=1S/C23H22O8/c1-20-7-16-23(31-16)13-5-14(25)12-4-10(24)2-3-11(12)18(13)15(26)6-21(20,23)9-29-22(20)8-17(27)30-19(22)28/h2-4,15-16,19,24,26,28H,5-9H2,1H3. The molecule has 3 saturated heterocycles. The zero-order valence-electron chi connectivity index (χ0n) is 16.9. The van der Waals surface area contributed by atoms with Crippen molar-refractivity contribution in [3.8, 4) is 5.75 Å². The Hall–Kier alpha value is -2.26. The number of rotatable bonds is 0. The molecule has 8 nitrogen and oxygen atoms in total. The number of aromatic hydroxyl groups is 1. The summed E-state index contributed by atoms with van der Waals surface area (Å²) in [5, 5.41) is 31.9. The fraction of sp³-hybridized carbons (Fsp3) is 0.565. The van der Waals surface area contributed by atoms with Crippen molar-refractivity contribution >= 4 is 17.3 Å². The number of aliphatic hydroxyl groups is 2. The van der Waals surface area contributed by atoms with E-state index in [9.17, 15) is 24.9 Å². The van der Waals surface area contributed by atoms with Gasteiger partial charge < -0.3 is 29.5 Å². The van der Waals surface area contributed by atoms with E-state index >= 15 is 0 Å². The van der Waals surface area contributed by atoms with Crippen molar-refractivity contribution in [1.29, 1.82) is 0 Å². The summed E-state index contributed by atoms with van der Waals surface area (Å²) in [6.07, 6.45) is -1.49. The fourth-order valence-electron chi connectivity index (χ4n) is 7.83. The van der Waals surface area contributed by atoms with Crippen LogP contribution in [0.25, 0.3) is 5.57 Å². The van der Waals surface area contributed by atoms with Gasteiger partial charge in [0.1, 0.15) is 17.0 Å². The molecule has 3 heterocycles. The van der Waals surface area contributed by atoms with Crippen LogP contribution >= 0.6 is 0 Å². The third kappa shape index (κ3) is 1.68. The zero-order valence-corrected chi connectivity index (χ0v) is 16.9. The molecule has 0 amide bonds. The van der Waals surface area contributed by atoms with Gasteiger partial charge in [0.2, 0.25) is 6.29 Å². The van der Waals surface area contributed by atoms with Crippen LogP contribution in [0.3, 0.4) is 0 Å². The van der Waals surface area contributed by atoms with Crippen molar-refractivity contribution in [3.05, 3.63) is 34.9 Å². The number of epoxide rings is 1. The Morgan fingerprint density at radius 2 is 1.94 bits per heavy atom. The molecule has 3 spiro atoms. The predicted molar refractivity (Wildman–Crippen MR) is 103 cm³/mol. The molecule has 6 aliphatic rings. The van der Waals surface area contributed by atoms with E-state index in [1.807, 2.05) is 6.92 Å². The van der Waals surface area contributed by atoms with Crippen LogP contribution in [0.2, 0.25) is 0 Å². The number of ketones is 1. The van der Waals surface area contributed by atoms with Gasteiger partial charge >= 0.3 is 5.97 Å². The summed E-state index contributed by atoms with van der Waals surface area (Å²) in [5.74, 6) is -0.616. The number of carbonyl (C=O) groups excluding carboxylic acids is 2. The first kappa shape index (κ1) is 18.3. The number of hydrogen-bond donors (Lipinski definition) is 3. The highest BCUT2D eigenvalue weighted by Crippen LogP contribution is 2.82. The van der Waals surface area contributed by atoms with E-state index in [0.717, 1.165) is 5.57 Å². The maximum Gasteiger partial charge on any atom is 0.311 e. The second-order valence-corrected chi connectivity index (χ2v) is 10.1. The van der Waals surface area contributed by atoms with Gasteiger partial charge in [-0.25, -0.2) is 0 Å². The van der Waals surface area contributed by atoms with E-state index in [1.165, 1.54) is 12.1 Å². The Morgan fingerprint density at radius 1 is 1.13 bits per heavy atom. The van der Waals surface area contributed by atoms with Gasteiger partial charge in [-0.15, -0.1) is 0 Å². The number of ether oxygens (including phenoxy) is 3. The second-order valence-electron chi connectivity index (χ2n) is 10.1. The average molecular weight is 426 g/mol. The lowest BCUT2D eigenvalue weighted by Crippen LogP contribution is -2.59. The van der Waals surface area contributed by atoms with Gasteiger partial charge in [0.25, 0.3) is 0 Å². The molecular weight excluding hydrogens is 404 g/mol. The minimum absolute atomic E-state index is 0.0103. The molecule has 7 atom stereocenters. The summed E-state index contributed by atoms with van der Waals surface area (Å²) in [4.78, 5) is 25.1. The van der Waals surface area contributed by atoms with Crippen molar-refractivity contribution in [2.75, 3.05) is 6.61 Å². The van der Waals surface area contributed by atoms with Crippen LogP contribution in [0, 0.1) is 10.8 Å². The van der Waals surface area contributed by atoms with Crippen LogP contribution in [-0.2, 0) is 19.0 Å². The molecule has 8 heteroatoms. The Morgan fingerprint density at radius 3 is 2.68 bits per heavy atom. The number of phenols is 1. The van der Waals surface area contributed by atoms with Crippen molar-refractivity contribution in [2.45, 2.75) is 62.3 Å². The number of phenolic OH excluding ortho intramolecular Hbond substituents is 1. The number of hydrogen-bond acceptors (Lipinski definition) is 8. The third-order valence-corrected chi connectivity index (χ3v) is 9.22. The monoisotopic (exact) mass is 426 g/mol. The van der Waals surface area contributed by atoms with Crippen molar-refractivity contribution in [1.82, 2.24) is 0 Å². The van der Waals surface area contributed by atoms with Crippen LogP contribution < -0.4 is 0 Å². The summed E-state index contributed by atoms with van der Waals surface area (Å²) in [6, 6.07) is 4.65. The maximum absolute atomic E-state index is 13.0. The summed E-state index contributed by atoms with van der Waals surface area (Å²) < 4.78 is 17.6. The molecule has 162 valence electrons. The summed E-state index contributed by atoms with van der Waals surface area (Å²) in [6.45, 7) is 2.20. The molecule has 0 bridgehead atoms. The van der Waals surface area contributed by atoms with E-state index in [4.69, 9.17) is 14.2 Å². The lowest BCUT2D eigenvalue weighted by atomic mass is 9.50. The number of benzene rings is 1. The van der Waals surface area contributed by atoms with Gasteiger partial charge in [-0.05, 0) is 41.7 Å². The second kappa shape index (κ2) is 5.04. The Labute approximate surface area is 177 Å². The zero-order chi connectivity index (χ0) is 21.6. The molecular formula is C23H22O8. The SMILES string of the molecule is CC12CC3OC34C3=C(c5ccc(O)cc5C(=O)C3)C(O)CC41COC21CC(=O)OC1O. The first-order valence-corrected chi connectivity index (χ1v) is 10.7. The van der Waals surface area contributed by atoms with E-state index < -0.39 is 40.4 Å². The molecule has 1 aromatic rings. The lowest BCUT2D eigenvalue weighted by molar-refractivity contribution is -0.203. The average Bonchev–Trinajstić information content (AvgIpc) is 3.16. The quantitative estimate of drug-likeness (QED) is 0.415. The Kier molecular flexibility index (Phi) is 2.98. The van der Waals surface area contributed by atoms with Gasteiger partial charge in [0.15, 0.2) is 5.78 Å². The molecule has 3 aliphatic heterocycles. The largest absolute Gasteiger partial charge is 0.508 e. The number of carbonyl (C=O) groups is 2. The maximum atomic E-state index is 13.0. The predicted octanol–water partition coefficient (Wildman–Crippen LogP) is 1.07. The molecule has 4 fully saturated rings. The normalized spacial score (nSPS) is 48.8. The van der Waals surface area contributed by atoms with Crippen LogP contribution in [0.4, 0.5) is 0 Å². The van der Waals surface area contributed by atoms with Gasteiger partial charge in [0, 0.05) is 22.8 Å². The first-order valence-electron chi connectivity index (χ1n) is 10.7. The van der Waals surface area contributed by atoms with Crippen molar-refractivity contribution in [3.63, 3.8) is 0 Å². The van der Waals surface area contributed by atoms with E-state index in [0.29, 0.717) is 29.5 Å². The topological polar surface area (TPSA) is 126 Å². The highest BCUT2D eigenvalue weighted by atomic mass is 16.7. The first-order chi connectivity index (χ1) is 14.7. The molecule has 7 unspecified atom stereocenters. The molecule has 3 N–H and O–H groups in total. The summed E-state index contributed by atoms with van der Waals surface area (Å²) in [5.41, 5.74) is -0.788. The Balaban J connectivity index is 1.45. The van der Waals surface area contributed by atoms with Crippen molar-refractivity contribution < 1.29 is 39.1 Å². The Bertz CT molecular complexity index is 1140. The van der Waals surface area contributed by atoms with Gasteiger partial charge in [-0.3, -0.25) is 9.59 Å². The number of fused-ring (bicyclic) bond motifs is 3. The van der Waals surface area contributed by atoms with Crippen LogP contribution in [-0.4, -0.2) is 63.4 Å². The van der Waals surface area contributed by atoms with Gasteiger partial charge in [0.05, 0.1) is 25.2 Å². The molecule has 3 aliphatic carbocycles. The molecule has 0 radical (unpaired) electrons. The van der Waals surface area contributed by atoms with Gasteiger partial charge in [-0.1, -0.05) is 13.0 Å². The van der Waals surface area contributed by atoms with Crippen LogP contribution in [0.1, 0.15) is 48.5 Å². The number of esters is 1. The minimum Gasteiger partial charge on any atom is -0.508 e. The smallest absolute Gasteiger partial charge is 0.311 e. The highest BCUT2D eigenvalue weighted by molar-refractivity contribution is 6.07. The van der Waals surface area contributed by atoms with E-state index in [2.05, 4.69) is 0 Å². The number of Topliss-reactive ketones (excluding diaryl/α,β-unsaturated/α-hetero) is 1. The number of cyclic esters (lactones) is 1. The molecule has 1 aromatic carbocycles. The van der Waals surface area contributed by atoms with Crippen molar-refractivity contribution in [2.24, 2.45) is 10.8 Å². The van der Waals surface area contributed by atoms with E-state index in [-0.39, 0.29) is 37.1 Å². The van der Waals surface area contributed by atoms with Crippen LogP contribution in [0.5, 0.6) is 5.75 Å². The molecule has 31 heavy (non-hydrogen) atoms. The molecule has 0 aromatic heterocycles.